The van der Waals surface area contributed by atoms with Crippen molar-refractivity contribution in [1.29, 1.82) is 0 Å². The van der Waals surface area contributed by atoms with Crippen molar-refractivity contribution >= 4 is 11.8 Å². The van der Waals surface area contributed by atoms with Gasteiger partial charge in [-0.15, -0.1) is 0 Å². The van der Waals surface area contributed by atoms with Crippen LogP contribution >= 0.6 is 0 Å². The Morgan fingerprint density at radius 2 is 1.79 bits per heavy atom. The third-order valence-corrected chi connectivity index (χ3v) is 3.89. The maximum absolute atomic E-state index is 12.1. The first-order chi connectivity index (χ1) is 9.09. The number of amides is 2. The maximum atomic E-state index is 12.1. The molecule has 1 saturated carbocycles. The molecule has 1 aliphatic carbocycles. The SMILES string of the molecule is O=C1CC(NCC(F)F)C(=O)N1C1CCCCCC1. The standard InChI is InChI=1S/C13H20F2N2O2/c14-11(15)8-16-10-7-12(18)17(13(10)19)9-5-3-1-2-4-6-9/h9-11,16H,1-8H2. The normalized spacial score (nSPS) is 26.3. The summed E-state index contributed by atoms with van der Waals surface area (Å²) in [5, 5.41) is 2.48. The number of halogens is 2. The average molecular weight is 274 g/mol. The van der Waals surface area contributed by atoms with Crippen LogP contribution in [-0.2, 0) is 9.59 Å². The van der Waals surface area contributed by atoms with Crippen molar-refractivity contribution in [3.05, 3.63) is 0 Å². The Morgan fingerprint density at radius 3 is 2.37 bits per heavy atom. The van der Waals surface area contributed by atoms with Crippen LogP contribution in [0.4, 0.5) is 8.78 Å². The molecule has 1 atom stereocenters. The van der Waals surface area contributed by atoms with Crippen LogP contribution in [0, 0.1) is 0 Å². The van der Waals surface area contributed by atoms with Gasteiger partial charge >= 0.3 is 0 Å². The number of carbonyl (C=O) groups excluding carboxylic acids is 2. The molecule has 1 unspecified atom stereocenters. The lowest BCUT2D eigenvalue weighted by Gasteiger charge is -2.25. The van der Waals surface area contributed by atoms with E-state index < -0.39 is 19.0 Å². The average Bonchev–Trinajstić information content (AvgIpc) is 2.58. The van der Waals surface area contributed by atoms with Gasteiger partial charge in [0.1, 0.15) is 0 Å². The molecule has 0 aromatic rings. The van der Waals surface area contributed by atoms with Crippen molar-refractivity contribution in [2.75, 3.05) is 6.54 Å². The number of hydrogen-bond donors (Lipinski definition) is 1. The van der Waals surface area contributed by atoms with Crippen LogP contribution in [0.2, 0.25) is 0 Å². The molecule has 0 bridgehead atoms. The van der Waals surface area contributed by atoms with E-state index in [2.05, 4.69) is 5.32 Å². The number of hydrogen-bond acceptors (Lipinski definition) is 3. The third kappa shape index (κ3) is 3.49. The zero-order chi connectivity index (χ0) is 13.8. The van der Waals surface area contributed by atoms with Crippen LogP contribution < -0.4 is 5.32 Å². The van der Waals surface area contributed by atoms with E-state index in [9.17, 15) is 18.4 Å². The molecule has 0 aromatic heterocycles. The van der Waals surface area contributed by atoms with Crippen molar-refractivity contribution in [2.45, 2.75) is 63.5 Å². The molecule has 4 nitrogen and oxygen atoms in total. The summed E-state index contributed by atoms with van der Waals surface area (Å²) in [4.78, 5) is 25.4. The van der Waals surface area contributed by atoms with E-state index in [1.54, 1.807) is 0 Å². The van der Waals surface area contributed by atoms with Gasteiger partial charge in [0, 0.05) is 6.04 Å². The number of rotatable bonds is 4. The molecule has 19 heavy (non-hydrogen) atoms. The first kappa shape index (κ1) is 14.4. The molecule has 6 heteroatoms. The van der Waals surface area contributed by atoms with E-state index in [0.29, 0.717) is 0 Å². The minimum absolute atomic E-state index is 0.0159. The summed E-state index contributed by atoms with van der Waals surface area (Å²) in [6.07, 6.45) is 3.53. The Bertz CT molecular complexity index is 342. The number of nitrogens with one attached hydrogen (secondary N) is 1. The number of imide groups is 1. The number of nitrogens with zero attached hydrogens (tertiary/aromatic N) is 1. The van der Waals surface area contributed by atoms with Gasteiger partial charge in [-0.2, -0.15) is 0 Å². The Morgan fingerprint density at radius 1 is 1.16 bits per heavy atom. The number of likely N-dealkylation sites (tertiary alicyclic amines) is 1. The molecule has 1 saturated heterocycles. The second-order valence-electron chi connectivity index (χ2n) is 5.30. The topological polar surface area (TPSA) is 49.4 Å². The third-order valence-electron chi connectivity index (χ3n) is 3.89. The lowest BCUT2D eigenvalue weighted by atomic mass is 10.1. The van der Waals surface area contributed by atoms with Gasteiger partial charge in [-0.1, -0.05) is 25.7 Å². The highest BCUT2D eigenvalue weighted by molar-refractivity contribution is 6.05. The largest absolute Gasteiger partial charge is 0.300 e. The molecule has 0 aromatic carbocycles. The molecular weight excluding hydrogens is 254 g/mol. The van der Waals surface area contributed by atoms with Crippen LogP contribution in [0.5, 0.6) is 0 Å². The van der Waals surface area contributed by atoms with E-state index in [0.717, 1.165) is 38.5 Å². The molecule has 0 radical (unpaired) electrons. The zero-order valence-electron chi connectivity index (χ0n) is 10.9. The highest BCUT2D eigenvalue weighted by atomic mass is 19.3. The summed E-state index contributed by atoms with van der Waals surface area (Å²) >= 11 is 0. The van der Waals surface area contributed by atoms with Gasteiger partial charge in [-0.3, -0.25) is 19.8 Å². The van der Waals surface area contributed by atoms with E-state index in [1.807, 2.05) is 0 Å². The molecule has 1 N–H and O–H groups in total. The molecule has 0 spiro atoms. The van der Waals surface area contributed by atoms with Crippen molar-refractivity contribution in [2.24, 2.45) is 0 Å². The quantitative estimate of drug-likeness (QED) is 0.627. The lowest BCUT2D eigenvalue weighted by molar-refractivity contribution is -0.141. The van der Waals surface area contributed by atoms with Gasteiger partial charge in [0.05, 0.1) is 19.0 Å². The summed E-state index contributed by atoms with van der Waals surface area (Å²) < 4.78 is 24.3. The molecule has 1 heterocycles. The van der Waals surface area contributed by atoms with Crippen LogP contribution in [0.3, 0.4) is 0 Å². The molecule has 2 fully saturated rings. The maximum Gasteiger partial charge on any atom is 0.250 e. The van der Waals surface area contributed by atoms with Gasteiger partial charge in [0.15, 0.2) is 0 Å². The summed E-state index contributed by atoms with van der Waals surface area (Å²) in [7, 11) is 0. The Balaban J connectivity index is 1.97. The highest BCUT2D eigenvalue weighted by Gasteiger charge is 2.42. The summed E-state index contributed by atoms with van der Waals surface area (Å²) in [5.41, 5.74) is 0. The fourth-order valence-electron chi connectivity index (χ4n) is 2.94. The van der Waals surface area contributed by atoms with Gasteiger partial charge in [0.25, 0.3) is 6.43 Å². The molecule has 108 valence electrons. The fraction of sp³-hybridized carbons (Fsp3) is 0.846. The van der Waals surface area contributed by atoms with Gasteiger partial charge in [-0.25, -0.2) is 8.78 Å². The Kier molecular flexibility index (Phi) is 4.85. The predicted octanol–water partition coefficient (Wildman–Crippen LogP) is 1.69. The second-order valence-corrected chi connectivity index (χ2v) is 5.30. The minimum Gasteiger partial charge on any atom is -0.300 e. The molecule has 2 rings (SSSR count). The number of alkyl halides is 2. The molecular formula is C13H20F2N2O2. The van der Waals surface area contributed by atoms with Gasteiger partial charge in [-0.05, 0) is 12.8 Å². The lowest BCUT2D eigenvalue weighted by Crippen LogP contribution is -2.44. The van der Waals surface area contributed by atoms with Crippen molar-refractivity contribution < 1.29 is 18.4 Å². The van der Waals surface area contributed by atoms with Crippen LogP contribution in [0.25, 0.3) is 0 Å². The van der Waals surface area contributed by atoms with Gasteiger partial charge < -0.3 is 0 Å². The molecule has 2 amide bonds. The predicted molar refractivity (Wildman–Crippen MR) is 65.8 cm³/mol. The summed E-state index contributed by atoms with van der Waals surface area (Å²) in [6, 6.07) is -0.786. The van der Waals surface area contributed by atoms with E-state index in [1.165, 1.54) is 4.90 Å². The van der Waals surface area contributed by atoms with Crippen molar-refractivity contribution in [3.8, 4) is 0 Å². The fourth-order valence-corrected chi connectivity index (χ4v) is 2.94. The first-order valence-electron chi connectivity index (χ1n) is 6.97. The van der Waals surface area contributed by atoms with Crippen LogP contribution in [0.15, 0.2) is 0 Å². The van der Waals surface area contributed by atoms with E-state index >= 15 is 0 Å². The van der Waals surface area contributed by atoms with Crippen molar-refractivity contribution in [3.63, 3.8) is 0 Å². The molecule has 2 aliphatic rings. The van der Waals surface area contributed by atoms with E-state index in [-0.39, 0.29) is 24.3 Å². The first-order valence-corrected chi connectivity index (χ1v) is 6.97. The number of carbonyl (C=O) groups is 2. The Hall–Kier alpha value is -1.04. The summed E-state index contributed by atoms with van der Waals surface area (Å²) in [5.74, 6) is -0.541. The van der Waals surface area contributed by atoms with E-state index in [4.69, 9.17) is 0 Å². The van der Waals surface area contributed by atoms with Gasteiger partial charge in [0.2, 0.25) is 11.8 Å². The highest BCUT2D eigenvalue weighted by Crippen LogP contribution is 2.26. The smallest absolute Gasteiger partial charge is 0.250 e. The second kappa shape index (κ2) is 6.41. The van der Waals surface area contributed by atoms with Crippen molar-refractivity contribution in [1.82, 2.24) is 10.2 Å². The molecule has 1 aliphatic heterocycles. The Labute approximate surface area is 111 Å². The van der Waals surface area contributed by atoms with Crippen LogP contribution in [0.1, 0.15) is 44.9 Å². The monoisotopic (exact) mass is 274 g/mol. The summed E-state index contributed by atoms with van der Waals surface area (Å²) in [6.45, 7) is -0.539. The minimum atomic E-state index is -2.50. The zero-order valence-corrected chi connectivity index (χ0v) is 10.9. The van der Waals surface area contributed by atoms with Crippen LogP contribution in [-0.4, -0.2) is 41.8 Å².